The third-order valence-corrected chi connectivity index (χ3v) is 4.18. The van der Waals surface area contributed by atoms with Gasteiger partial charge < -0.3 is 20.4 Å². The van der Waals surface area contributed by atoms with Crippen LogP contribution < -0.4 is 10.5 Å². The number of benzene rings is 2. The topological polar surface area (TPSA) is 83.9 Å². The molecule has 5 nitrogen and oxygen atoms in total. The minimum Gasteiger partial charge on any atom is -0.423 e. The number of esters is 1. The van der Waals surface area contributed by atoms with Gasteiger partial charge in [-0.2, -0.15) is 0 Å². The summed E-state index contributed by atoms with van der Waals surface area (Å²) in [7, 11) is 0. The Morgan fingerprint density at radius 1 is 0.958 bits per heavy atom. The Labute approximate surface area is 138 Å². The number of ether oxygens (including phenoxy) is 1. The van der Waals surface area contributed by atoms with E-state index in [1.807, 2.05) is 54.7 Å². The molecule has 2 aromatic carbocycles. The molecule has 0 amide bonds. The van der Waals surface area contributed by atoms with Gasteiger partial charge in [0.05, 0.1) is 0 Å². The number of H-pyrrole nitrogens is 2. The van der Waals surface area contributed by atoms with Crippen molar-refractivity contribution in [1.29, 1.82) is 0 Å². The van der Waals surface area contributed by atoms with Gasteiger partial charge in [-0.25, -0.2) is 4.79 Å². The Hall–Kier alpha value is -3.05. The van der Waals surface area contributed by atoms with Gasteiger partial charge in [0, 0.05) is 40.6 Å². The summed E-state index contributed by atoms with van der Waals surface area (Å²) in [4.78, 5) is 18.6. The third-order valence-electron chi connectivity index (χ3n) is 4.18. The van der Waals surface area contributed by atoms with Crippen molar-refractivity contribution in [2.45, 2.75) is 12.5 Å². The maximum atomic E-state index is 12.3. The van der Waals surface area contributed by atoms with Crippen molar-refractivity contribution in [3.8, 4) is 5.75 Å². The lowest BCUT2D eigenvalue weighted by molar-refractivity contribution is -0.135. The number of nitrogens with one attached hydrogen (secondary N) is 2. The van der Waals surface area contributed by atoms with Crippen LogP contribution in [0.3, 0.4) is 0 Å². The number of aromatic amines is 2. The van der Waals surface area contributed by atoms with Crippen molar-refractivity contribution in [1.82, 2.24) is 9.97 Å². The van der Waals surface area contributed by atoms with E-state index in [1.165, 1.54) is 0 Å². The molecular weight excluding hydrogens is 302 g/mol. The zero-order valence-corrected chi connectivity index (χ0v) is 13.0. The van der Waals surface area contributed by atoms with Crippen LogP contribution in [-0.2, 0) is 11.2 Å². The van der Waals surface area contributed by atoms with E-state index in [0.29, 0.717) is 12.2 Å². The first-order valence-corrected chi connectivity index (χ1v) is 7.81. The fraction of sp³-hybridized carbons (Fsp3) is 0.105. The first-order valence-electron chi connectivity index (χ1n) is 7.81. The maximum Gasteiger partial charge on any atom is 0.328 e. The molecule has 0 aliphatic carbocycles. The Morgan fingerprint density at radius 2 is 1.58 bits per heavy atom. The highest BCUT2D eigenvalue weighted by molar-refractivity contribution is 5.90. The summed E-state index contributed by atoms with van der Waals surface area (Å²) in [5, 5.41) is 1.94. The fourth-order valence-electron chi connectivity index (χ4n) is 2.93. The molecular formula is C19H17N3O2. The molecule has 1 atom stereocenters. The van der Waals surface area contributed by atoms with Crippen molar-refractivity contribution < 1.29 is 9.53 Å². The third kappa shape index (κ3) is 2.55. The molecule has 0 radical (unpaired) electrons. The van der Waals surface area contributed by atoms with Crippen LogP contribution in [0.4, 0.5) is 0 Å². The zero-order chi connectivity index (χ0) is 16.5. The molecule has 0 fully saturated rings. The molecule has 5 heteroatoms. The fourth-order valence-corrected chi connectivity index (χ4v) is 2.93. The minimum absolute atomic E-state index is 0.422. The second-order valence-corrected chi connectivity index (χ2v) is 5.79. The summed E-state index contributed by atoms with van der Waals surface area (Å²) in [6.45, 7) is 0. The Bertz CT molecular complexity index is 1020. The normalized spacial score (nSPS) is 12.5. The van der Waals surface area contributed by atoms with Crippen molar-refractivity contribution >= 4 is 27.8 Å². The molecule has 0 bridgehead atoms. The van der Waals surface area contributed by atoms with E-state index < -0.39 is 12.0 Å². The van der Waals surface area contributed by atoms with Gasteiger partial charge in [-0.3, -0.25) is 0 Å². The van der Waals surface area contributed by atoms with E-state index in [-0.39, 0.29) is 0 Å². The van der Waals surface area contributed by atoms with Crippen molar-refractivity contribution in [2.24, 2.45) is 5.73 Å². The van der Waals surface area contributed by atoms with Gasteiger partial charge in [0.1, 0.15) is 6.04 Å². The van der Waals surface area contributed by atoms with E-state index in [2.05, 4.69) is 9.97 Å². The highest BCUT2D eigenvalue weighted by Gasteiger charge is 2.19. The van der Waals surface area contributed by atoms with Crippen LogP contribution in [-0.4, -0.2) is 22.0 Å². The van der Waals surface area contributed by atoms with Gasteiger partial charge in [-0.15, -0.1) is 0 Å². The summed E-state index contributed by atoms with van der Waals surface area (Å²) < 4.78 is 5.48. The number of rotatable bonds is 4. The van der Waals surface area contributed by atoms with Gasteiger partial charge in [0.25, 0.3) is 0 Å². The molecule has 0 spiro atoms. The monoisotopic (exact) mass is 319 g/mol. The molecule has 2 aromatic heterocycles. The molecule has 0 saturated heterocycles. The Morgan fingerprint density at radius 3 is 2.38 bits per heavy atom. The molecule has 0 saturated carbocycles. The first kappa shape index (κ1) is 14.5. The van der Waals surface area contributed by atoms with Crippen LogP contribution >= 0.6 is 0 Å². The minimum atomic E-state index is -0.724. The Kier molecular flexibility index (Phi) is 3.55. The second-order valence-electron chi connectivity index (χ2n) is 5.79. The van der Waals surface area contributed by atoms with Crippen LogP contribution in [0.15, 0.2) is 60.9 Å². The average Bonchev–Trinajstić information content (AvgIpc) is 3.20. The van der Waals surface area contributed by atoms with Gasteiger partial charge >= 0.3 is 5.97 Å². The van der Waals surface area contributed by atoms with E-state index in [9.17, 15) is 4.79 Å². The van der Waals surface area contributed by atoms with Crippen molar-refractivity contribution in [3.63, 3.8) is 0 Å². The van der Waals surface area contributed by atoms with Crippen LogP contribution in [0.1, 0.15) is 5.56 Å². The lowest BCUT2D eigenvalue weighted by Gasteiger charge is -2.10. The molecule has 0 aliphatic heterocycles. The number of hydrogen-bond donors (Lipinski definition) is 3. The van der Waals surface area contributed by atoms with E-state index in [0.717, 1.165) is 27.4 Å². The van der Waals surface area contributed by atoms with Gasteiger partial charge in [0.2, 0.25) is 0 Å². The number of nitrogens with two attached hydrogens (primary N) is 1. The number of carbonyl (C=O) groups excluding carboxylic acids is 1. The summed E-state index contributed by atoms with van der Waals surface area (Å²) in [6.07, 6.45) is 4.00. The Balaban J connectivity index is 1.52. The molecule has 2 heterocycles. The summed E-state index contributed by atoms with van der Waals surface area (Å²) in [5.41, 5.74) is 9.02. The lowest BCUT2D eigenvalue weighted by atomic mass is 10.1. The van der Waals surface area contributed by atoms with Crippen molar-refractivity contribution in [2.75, 3.05) is 0 Å². The second kappa shape index (κ2) is 5.86. The highest BCUT2D eigenvalue weighted by atomic mass is 16.5. The first-order chi connectivity index (χ1) is 11.7. The summed E-state index contributed by atoms with van der Waals surface area (Å²) >= 11 is 0. The van der Waals surface area contributed by atoms with E-state index >= 15 is 0 Å². The molecule has 0 unspecified atom stereocenters. The van der Waals surface area contributed by atoms with Gasteiger partial charge in [-0.1, -0.05) is 30.3 Å². The summed E-state index contributed by atoms with van der Waals surface area (Å²) in [6, 6.07) is 14.9. The number of fused-ring (bicyclic) bond motifs is 2. The molecule has 0 aliphatic rings. The molecule has 24 heavy (non-hydrogen) atoms. The zero-order valence-electron chi connectivity index (χ0n) is 13.0. The average molecular weight is 319 g/mol. The predicted molar refractivity (Wildman–Crippen MR) is 93.9 cm³/mol. The predicted octanol–water partition coefficient (Wildman–Crippen LogP) is 3.12. The van der Waals surface area contributed by atoms with Crippen LogP contribution in [0.2, 0.25) is 0 Å². The molecule has 4 N–H and O–H groups in total. The smallest absolute Gasteiger partial charge is 0.328 e. The van der Waals surface area contributed by atoms with Crippen LogP contribution in [0, 0.1) is 0 Å². The van der Waals surface area contributed by atoms with E-state index in [1.54, 1.807) is 6.20 Å². The lowest BCUT2D eigenvalue weighted by Crippen LogP contribution is -2.36. The number of aromatic nitrogens is 2. The standard InChI is InChI=1S/C19H17N3O2/c20-15(9-12-10-21-16-7-3-1-5-13(12)16)19(23)24-18-11-22-17-8-4-2-6-14(17)18/h1-8,10-11,15,21-22H,9,20H2/t15-/m0/s1. The summed E-state index contributed by atoms with van der Waals surface area (Å²) in [5.74, 6) is 0.0648. The van der Waals surface area contributed by atoms with E-state index in [4.69, 9.17) is 10.5 Å². The SMILES string of the molecule is N[C@@H](Cc1c[nH]c2ccccc12)C(=O)Oc1c[nH]c2ccccc12. The van der Waals surface area contributed by atoms with Gasteiger partial charge in [0.15, 0.2) is 5.75 Å². The van der Waals surface area contributed by atoms with Gasteiger partial charge in [-0.05, 0) is 23.8 Å². The van der Waals surface area contributed by atoms with Crippen LogP contribution in [0.5, 0.6) is 5.75 Å². The molecule has 4 rings (SSSR count). The number of carbonyl (C=O) groups is 1. The quantitative estimate of drug-likeness (QED) is 0.505. The molecule has 120 valence electrons. The number of para-hydroxylation sites is 2. The maximum absolute atomic E-state index is 12.3. The largest absolute Gasteiger partial charge is 0.423 e. The highest BCUT2D eigenvalue weighted by Crippen LogP contribution is 2.25. The van der Waals surface area contributed by atoms with Crippen molar-refractivity contribution in [3.05, 3.63) is 66.5 Å². The number of hydrogen-bond acceptors (Lipinski definition) is 3. The molecule has 4 aromatic rings. The van der Waals surface area contributed by atoms with Crippen LogP contribution in [0.25, 0.3) is 21.8 Å².